The maximum Gasteiger partial charge on any atom is 0.180 e. The van der Waals surface area contributed by atoms with E-state index in [1.165, 1.54) is 12.8 Å². The Kier molecular flexibility index (Phi) is 17.4. The van der Waals surface area contributed by atoms with Crippen LogP contribution in [0.1, 0.15) is 19.8 Å². The molecule has 0 spiro atoms. The first-order valence-electron chi connectivity index (χ1n) is 2.63. The van der Waals surface area contributed by atoms with Crippen molar-refractivity contribution in [2.75, 3.05) is 5.33 Å². The molecule has 0 bridgehead atoms. The van der Waals surface area contributed by atoms with E-state index in [9.17, 15) is 0 Å². The second-order valence-corrected chi connectivity index (χ2v) is 4.06. The Hall–Kier alpha value is 1.35. The van der Waals surface area contributed by atoms with E-state index in [1.807, 2.05) is 0 Å². The molecule has 9 heavy (non-hydrogen) atoms. The van der Waals surface area contributed by atoms with E-state index in [1.54, 1.807) is 0 Å². The van der Waals surface area contributed by atoms with Crippen molar-refractivity contribution in [2.45, 2.75) is 24.1 Å². The van der Waals surface area contributed by atoms with Gasteiger partial charge in [-0.3, -0.25) is 0 Å². The summed E-state index contributed by atoms with van der Waals surface area (Å²) in [5, 5.41) is 1.16. The van der Waals surface area contributed by atoms with Crippen LogP contribution in [-0.2, 0) is 0 Å². The van der Waals surface area contributed by atoms with E-state index in [-0.39, 0.29) is 0 Å². The fourth-order valence-corrected chi connectivity index (χ4v) is 0.694. The predicted octanol–water partition coefficient (Wildman–Crippen LogP) is 4.17. The zero-order valence-electron chi connectivity index (χ0n) is 5.21. The molecule has 0 saturated heterocycles. The van der Waals surface area contributed by atoms with E-state index < -0.39 is 4.30 Å². The van der Waals surface area contributed by atoms with Crippen LogP contribution in [0.2, 0.25) is 0 Å². The van der Waals surface area contributed by atoms with Crippen LogP contribution in [0.5, 0.6) is 0 Å². The van der Waals surface area contributed by atoms with Gasteiger partial charge in [0.2, 0.25) is 0 Å². The highest BCUT2D eigenvalue weighted by atomic mass is 79.9. The van der Waals surface area contributed by atoms with Gasteiger partial charge in [0.15, 0.2) is 4.30 Å². The SMILES string of the molecule is CCCCBr.ClC(Cl)Cl. The number of hydrogen-bond acceptors (Lipinski definition) is 0. The Balaban J connectivity index is 0. The van der Waals surface area contributed by atoms with Crippen molar-refractivity contribution in [3.63, 3.8) is 0 Å². The predicted molar refractivity (Wildman–Crippen MR) is 50.0 cm³/mol. The van der Waals surface area contributed by atoms with Crippen molar-refractivity contribution in [3.8, 4) is 0 Å². The van der Waals surface area contributed by atoms with Gasteiger partial charge in [0.05, 0.1) is 0 Å². The molecule has 0 radical (unpaired) electrons. The molecule has 0 saturated carbocycles. The minimum atomic E-state index is -0.750. The second-order valence-electron chi connectivity index (χ2n) is 1.29. The molecular formula is C5H10BrCl3. The Morgan fingerprint density at radius 1 is 1.33 bits per heavy atom. The van der Waals surface area contributed by atoms with Gasteiger partial charge in [-0.2, -0.15) is 0 Å². The molecule has 0 heterocycles. The van der Waals surface area contributed by atoms with Crippen LogP contribution in [0, 0.1) is 0 Å². The molecule has 4 heteroatoms. The lowest BCUT2D eigenvalue weighted by molar-refractivity contribution is 0.902. The van der Waals surface area contributed by atoms with Gasteiger partial charge in [0.25, 0.3) is 0 Å². The van der Waals surface area contributed by atoms with E-state index in [2.05, 4.69) is 22.9 Å². The molecule has 0 aliphatic carbocycles. The molecule has 0 aromatic heterocycles. The van der Waals surface area contributed by atoms with Crippen LogP contribution in [-0.4, -0.2) is 9.63 Å². The molecule has 0 rings (SSSR count). The van der Waals surface area contributed by atoms with Gasteiger partial charge >= 0.3 is 0 Å². The summed E-state index contributed by atoms with van der Waals surface area (Å²) in [6, 6.07) is 0. The van der Waals surface area contributed by atoms with Gasteiger partial charge in [-0.15, -0.1) is 0 Å². The van der Waals surface area contributed by atoms with Crippen LogP contribution in [0.15, 0.2) is 0 Å². The molecule has 0 aromatic rings. The number of unbranched alkanes of at least 4 members (excludes halogenated alkanes) is 1. The van der Waals surface area contributed by atoms with Gasteiger partial charge in [0, 0.05) is 5.33 Å². The lowest BCUT2D eigenvalue weighted by Gasteiger charge is -1.77. The van der Waals surface area contributed by atoms with Crippen LogP contribution in [0.4, 0.5) is 0 Å². The lowest BCUT2D eigenvalue weighted by atomic mass is 10.4. The summed E-state index contributed by atoms with van der Waals surface area (Å²) in [5.41, 5.74) is 0. The van der Waals surface area contributed by atoms with Crippen molar-refractivity contribution >= 4 is 50.7 Å². The largest absolute Gasteiger partial charge is 0.180 e. The summed E-state index contributed by atoms with van der Waals surface area (Å²) < 4.78 is -0.750. The van der Waals surface area contributed by atoms with E-state index in [0.29, 0.717) is 0 Å². The minimum absolute atomic E-state index is 0.750. The van der Waals surface area contributed by atoms with Crippen molar-refractivity contribution in [1.29, 1.82) is 0 Å². The second kappa shape index (κ2) is 12.1. The van der Waals surface area contributed by atoms with Gasteiger partial charge in [0.1, 0.15) is 0 Å². The van der Waals surface area contributed by atoms with E-state index in [4.69, 9.17) is 34.8 Å². The zero-order chi connectivity index (χ0) is 7.70. The Morgan fingerprint density at radius 2 is 1.67 bits per heavy atom. The molecule has 0 aliphatic heterocycles. The third kappa shape index (κ3) is 45.0. The molecule has 0 amide bonds. The van der Waals surface area contributed by atoms with Crippen molar-refractivity contribution in [2.24, 2.45) is 0 Å². The lowest BCUT2D eigenvalue weighted by Crippen LogP contribution is -1.64. The first kappa shape index (κ1) is 13.0. The normalized spacial score (nSPS) is 8.67. The number of rotatable bonds is 2. The third-order valence-electron chi connectivity index (χ3n) is 0.487. The first-order chi connectivity index (χ1) is 4.15. The van der Waals surface area contributed by atoms with Crippen molar-refractivity contribution in [3.05, 3.63) is 0 Å². The molecule has 0 aromatic carbocycles. The monoisotopic (exact) mass is 254 g/mol. The highest BCUT2D eigenvalue weighted by Gasteiger charge is 1.78. The summed E-state index contributed by atoms with van der Waals surface area (Å²) in [7, 11) is 0. The summed E-state index contributed by atoms with van der Waals surface area (Å²) in [6.07, 6.45) is 2.60. The summed E-state index contributed by atoms with van der Waals surface area (Å²) >= 11 is 17.7. The first-order valence-corrected chi connectivity index (χ1v) is 5.06. The molecule has 0 atom stereocenters. The molecule has 0 fully saturated rings. The van der Waals surface area contributed by atoms with Gasteiger partial charge in [-0.05, 0) is 6.42 Å². The third-order valence-corrected chi connectivity index (χ3v) is 1.05. The van der Waals surface area contributed by atoms with Crippen LogP contribution in [0.25, 0.3) is 0 Å². The average molecular weight is 256 g/mol. The molecule has 0 nitrogen and oxygen atoms in total. The maximum atomic E-state index is 4.81. The highest BCUT2D eigenvalue weighted by Crippen LogP contribution is 2.03. The van der Waals surface area contributed by atoms with Crippen molar-refractivity contribution in [1.82, 2.24) is 0 Å². The zero-order valence-corrected chi connectivity index (χ0v) is 9.06. The maximum absolute atomic E-state index is 4.81. The fraction of sp³-hybridized carbons (Fsp3) is 1.00. The summed E-state index contributed by atoms with van der Waals surface area (Å²) in [6.45, 7) is 2.18. The smallest absolute Gasteiger partial charge is 0.0928 e. The standard InChI is InChI=1S/C4H9Br.CHCl3/c1-2-3-4-5;2-1(3)4/h2-4H2,1H3;1H. The minimum Gasteiger partial charge on any atom is -0.0928 e. The van der Waals surface area contributed by atoms with Gasteiger partial charge < -0.3 is 0 Å². The Bertz CT molecular complexity index is 36.4. The van der Waals surface area contributed by atoms with Crippen LogP contribution in [0.3, 0.4) is 0 Å². The van der Waals surface area contributed by atoms with E-state index in [0.717, 1.165) is 5.33 Å². The molecular weight excluding hydrogens is 246 g/mol. The average Bonchev–Trinajstić information content (AvgIpc) is 1.66. The molecule has 58 valence electrons. The summed E-state index contributed by atoms with van der Waals surface area (Å²) in [4.78, 5) is 0. The molecule has 0 aliphatic rings. The Morgan fingerprint density at radius 3 is 1.67 bits per heavy atom. The summed E-state index contributed by atoms with van der Waals surface area (Å²) in [5.74, 6) is 0. The number of halogens is 4. The van der Waals surface area contributed by atoms with Gasteiger partial charge in [-0.25, -0.2) is 0 Å². The quantitative estimate of drug-likeness (QED) is 0.651. The van der Waals surface area contributed by atoms with Crippen LogP contribution >= 0.6 is 50.7 Å². The molecule has 0 unspecified atom stereocenters. The number of alkyl halides is 4. The van der Waals surface area contributed by atoms with Crippen LogP contribution < -0.4 is 0 Å². The fourth-order valence-electron chi connectivity index (χ4n) is 0.134. The van der Waals surface area contributed by atoms with E-state index >= 15 is 0 Å². The Labute approximate surface area is 80.0 Å². The number of hydrogen-bond donors (Lipinski definition) is 0. The molecule has 0 N–H and O–H groups in total. The topological polar surface area (TPSA) is 0 Å². The highest BCUT2D eigenvalue weighted by molar-refractivity contribution is 9.09. The van der Waals surface area contributed by atoms with Crippen molar-refractivity contribution < 1.29 is 0 Å². The van der Waals surface area contributed by atoms with Gasteiger partial charge in [-0.1, -0.05) is 64.1 Å².